The molecule has 2 aromatic rings. The van der Waals surface area contributed by atoms with Crippen LogP contribution in [0.1, 0.15) is 105 Å². The van der Waals surface area contributed by atoms with Gasteiger partial charge in [0.2, 0.25) is 11.9 Å². The minimum atomic E-state index is -0.853. The van der Waals surface area contributed by atoms with Crippen LogP contribution in [0.4, 0.5) is 24.9 Å². The van der Waals surface area contributed by atoms with Gasteiger partial charge in [0, 0.05) is 30.9 Å². The number of aliphatic imine (C=N–C) groups is 2. The first-order valence-corrected chi connectivity index (χ1v) is 18.5. The molecule has 0 radical (unpaired) electrons. The van der Waals surface area contributed by atoms with Gasteiger partial charge < -0.3 is 29.2 Å². The molecular weight excluding hydrogens is 734 g/mol. The van der Waals surface area contributed by atoms with Crippen LogP contribution < -0.4 is 21.3 Å². The fourth-order valence-corrected chi connectivity index (χ4v) is 4.87. The summed E-state index contributed by atoms with van der Waals surface area (Å²) in [5.41, 5.74) is 0.619. The second kappa shape index (κ2) is 18.8. The Labute approximate surface area is 334 Å². The van der Waals surface area contributed by atoms with Gasteiger partial charge in [-0.1, -0.05) is 30.3 Å². The average molecular weight is 792 g/mol. The van der Waals surface area contributed by atoms with Crippen molar-refractivity contribution < 1.29 is 42.9 Å². The van der Waals surface area contributed by atoms with E-state index >= 15 is 0 Å². The zero-order valence-electron chi connectivity index (χ0n) is 35.0. The van der Waals surface area contributed by atoms with Crippen molar-refractivity contribution in [3.05, 3.63) is 71.3 Å². The lowest BCUT2D eigenvalue weighted by atomic mass is 10.0. The van der Waals surface area contributed by atoms with Gasteiger partial charge in [-0.3, -0.25) is 25.7 Å². The maximum atomic E-state index is 13.1. The molecule has 0 saturated heterocycles. The molecule has 1 heterocycles. The summed E-state index contributed by atoms with van der Waals surface area (Å²) in [6.07, 6.45) is -0.762. The summed E-state index contributed by atoms with van der Waals surface area (Å²) in [7, 11) is 0. The van der Waals surface area contributed by atoms with Gasteiger partial charge in [0.05, 0.1) is 0 Å². The number of guanidine groups is 2. The minimum Gasteiger partial charge on any atom is -0.444 e. The van der Waals surface area contributed by atoms with E-state index in [1.165, 1.54) is 0 Å². The van der Waals surface area contributed by atoms with Crippen molar-refractivity contribution >= 4 is 53.5 Å². The Balaban J connectivity index is 1.61. The number of anilines is 1. The maximum Gasteiger partial charge on any atom is 0.437 e. The molecule has 0 unspecified atom stereocenters. The van der Waals surface area contributed by atoms with Crippen molar-refractivity contribution in [1.82, 2.24) is 20.9 Å². The predicted octanol–water partition coefficient (Wildman–Crippen LogP) is 7.40. The molecule has 0 aliphatic carbocycles. The van der Waals surface area contributed by atoms with E-state index in [-0.39, 0.29) is 24.4 Å². The van der Waals surface area contributed by atoms with Gasteiger partial charge in [0.15, 0.2) is 0 Å². The first kappa shape index (κ1) is 45.5. The van der Waals surface area contributed by atoms with Gasteiger partial charge in [0.25, 0.3) is 5.91 Å². The molecule has 0 aromatic heterocycles. The summed E-state index contributed by atoms with van der Waals surface area (Å²) >= 11 is 0. The topological polar surface area (TPSA) is 198 Å². The van der Waals surface area contributed by atoms with Crippen LogP contribution in [0.2, 0.25) is 0 Å². The summed E-state index contributed by atoms with van der Waals surface area (Å²) in [6.45, 7) is 21.6. The summed E-state index contributed by atoms with van der Waals surface area (Å²) in [4.78, 5) is 73.1. The molecule has 4 N–H and O–H groups in total. The van der Waals surface area contributed by atoms with Gasteiger partial charge in [0.1, 0.15) is 22.4 Å². The fraction of sp³-hybridized carbons (Fsp3) is 0.488. The van der Waals surface area contributed by atoms with E-state index in [1.54, 1.807) is 112 Å². The van der Waals surface area contributed by atoms with E-state index in [2.05, 4.69) is 31.3 Å². The Morgan fingerprint density at radius 3 is 1.63 bits per heavy atom. The third-order valence-electron chi connectivity index (χ3n) is 7.06. The van der Waals surface area contributed by atoms with Crippen molar-refractivity contribution in [3.63, 3.8) is 0 Å². The molecule has 0 spiro atoms. The Bertz CT molecular complexity index is 1830. The van der Waals surface area contributed by atoms with E-state index in [0.29, 0.717) is 30.8 Å². The zero-order chi connectivity index (χ0) is 42.8. The highest BCUT2D eigenvalue weighted by Gasteiger charge is 2.26. The standard InChI is InChI=1S/C41H57N7O9/c1-38(2,3)54-34(50)44-32(45-35(51)55-39(4,5)6)42-23-21-26-13-19-30(20-14-26)43-31(49)28-17-15-27(16-18-28)29-22-24-48(25-29)33(46-36(52)56-40(7,8)9)47-37(53)57-41(10,11)12/h13-20,22H,21,23-25H2,1-12H3,(H,43,49)(H,46,47,52,53)(H2,42,44,45,50,51). The number of hydrogen-bond donors (Lipinski definition) is 4. The van der Waals surface area contributed by atoms with E-state index < -0.39 is 46.8 Å². The number of carbonyl (C=O) groups is 5. The number of alkyl carbamates (subject to hydrolysis) is 3. The third kappa shape index (κ3) is 17.6. The minimum absolute atomic E-state index is 0.00495. The van der Waals surface area contributed by atoms with Crippen molar-refractivity contribution in [3.8, 4) is 0 Å². The zero-order valence-corrected chi connectivity index (χ0v) is 35.0. The molecular formula is C41H57N7O9. The quantitative estimate of drug-likeness (QED) is 0.130. The van der Waals surface area contributed by atoms with Crippen molar-refractivity contribution in [2.24, 2.45) is 9.98 Å². The number of hydrogen-bond acceptors (Lipinski definition) is 10. The summed E-state index contributed by atoms with van der Waals surface area (Å²) in [5.74, 6) is -0.419. The van der Waals surface area contributed by atoms with Gasteiger partial charge in [-0.05, 0) is 130 Å². The molecule has 5 amide bonds. The van der Waals surface area contributed by atoms with E-state index in [9.17, 15) is 24.0 Å². The first-order valence-electron chi connectivity index (χ1n) is 18.5. The molecule has 57 heavy (non-hydrogen) atoms. The molecule has 16 nitrogen and oxygen atoms in total. The molecule has 0 saturated carbocycles. The second-order valence-electron chi connectivity index (χ2n) is 17.1. The van der Waals surface area contributed by atoms with Crippen molar-refractivity contribution in [1.29, 1.82) is 0 Å². The largest absolute Gasteiger partial charge is 0.444 e. The van der Waals surface area contributed by atoms with Crippen molar-refractivity contribution in [2.45, 2.75) is 112 Å². The Kier molecular flexibility index (Phi) is 15.0. The molecule has 1 aliphatic heterocycles. The molecule has 16 heteroatoms. The summed E-state index contributed by atoms with van der Waals surface area (Å²) < 4.78 is 21.3. The van der Waals surface area contributed by atoms with Crippen LogP contribution in [0.15, 0.2) is 64.6 Å². The Morgan fingerprint density at radius 2 is 1.14 bits per heavy atom. The van der Waals surface area contributed by atoms with Crippen LogP contribution in [0.5, 0.6) is 0 Å². The number of benzene rings is 2. The lowest BCUT2D eigenvalue weighted by Crippen LogP contribution is -2.47. The summed E-state index contributed by atoms with van der Waals surface area (Å²) in [6, 6.07) is 14.3. The van der Waals surface area contributed by atoms with Gasteiger partial charge in [-0.15, -0.1) is 4.99 Å². The molecule has 3 rings (SSSR count). The SMILES string of the molecule is CC(C)(C)OC(=O)N=C(NC(=O)OC(C)(C)C)N1CC=C(c2ccc(C(=O)Nc3ccc(CCN=C(NC(=O)OC(C)(C)C)NC(=O)OC(C)(C)C)cc3)cc2)C1. The van der Waals surface area contributed by atoms with Gasteiger partial charge >= 0.3 is 24.4 Å². The van der Waals surface area contributed by atoms with E-state index in [4.69, 9.17) is 18.9 Å². The highest BCUT2D eigenvalue weighted by Crippen LogP contribution is 2.23. The number of ether oxygens (including phenoxy) is 4. The average Bonchev–Trinajstić information content (AvgIpc) is 3.52. The Morgan fingerprint density at radius 1 is 0.649 bits per heavy atom. The first-order chi connectivity index (χ1) is 26.2. The highest BCUT2D eigenvalue weighted by atomic mass is 16.6. The van der Waals surface area contributed by atoms with E-state index in [1.807, 2.05) is 30.3 Å². The van der Waals surface area contributed by atoms with Crippen molar-refractivity contribution in [2.75, 3.05) is 25.0 Å². The predicted molar refractivity (Wildman–Crippen MR) is 218 cm³/mol. The normalized spacial score (nSPS) is 13.4. The van der Waals surface area contributed by atoms with Crippen LogP contribution >= 0.6 is 0 Å². The monoisotopic (exact) mass is 791 g/mol. The van der Waals surface area contributed by atoms with Crippen LogP contribution in [-0.2, 0) is 25.4 Å². The van der Waals surface area contributed by atoms with Crippen LogP contribution in [0.3, 0.4) is 0 Å². The number of carbonyl (C=O) groups excluding carboxylic acids is 5. The summed E-state index contributed by atoms with van der Waals surface area (Å²) in [5, 5.41) is 10.4. The second-order valence-corrected chi connectivity index (χ2v) is 17.1. The van der Waals surface area contributed by atoms with Gasteiger partial charge in [-0.2, -0.15) is 0 Å². The molecule has 1 aliphatic rings. The van der Waals surface area contributed by atoms with Crippen LogP contribution in [0, 0.1) is 0 Å². The van der Waals surface area contributed by atoms with E-state index in [0.717, 1.165) is 16.7 Å². The number of nitrogens with one attached hydrogen (secondary N) is 4. The molecule has 310 valence electrons. The number of rotatable bonds is 6. The van der Waals surface area contributed by atoms with Crippen LogP contribution in [0.25, 0.3) is 5.57 Å². The molecule has 0 atom stereocenters. The smallest absolute Gasteiger partial charge is 0.437 e. The lowest BCUT2D eigenvalue weighted by molar-refractivity contribution is 0.0528. The Hall–Kier alpha value is -5.93. The lowest BCUT2D eigenvalue weighted by Gasteiger charge is -2.24. The molecule has 0 fully saturated rings. The highest BCUT2D eigenvalue weighted by molar-refractivity contribution is 6.05. The number of amides is 5. The maximum absolute atomic E-state index is 13.1. The molecule has 2 aromatic carbocycles. The number of nitrogens with zero attached hydrogens (tertiary/aromatic N) is 3. The van der Waals surface area contributed by atoms with Crippen LogP contribution in [-0.4, -0.2) is 89.1 Å². The molecule has 0 bridgehead atoms. The van der Waals surface area contributed by atoms with Gasteiger partial charge in [-0.25, -0.2) is 19.2 Å². The fourth-order valence-electron chi connectivity index (χ4n) is 4.87. The third-order valence-corrected chi connectivity index (χ3v) is 7.06.